The van der Waals surface area contributed by atoms with Crippen LogP contribution >= 0.6 is 0 Å². The highest BCUT2D eigenvalue weighted by Crippen LogP contribution is 2.58. The molecule has 4 saturated carbocycles. The first-order chi connectivity index (χ1) is 16.6. The van der Waals surface area contributed by atoms with Crippen LogP contribution in [0.2, 0.25) is 0 Å². The summed E-state index contributed by atoms with van der Waals surface area (Å²) in [6.45, 7) is -1.46. The summed E-state index contributed by atoms with van der Waals surface area (Å²) in [5, 5.41) is 4.15. The van der Waals surface area contributed by atoms with Crippen LogP contribution in [0.3, 0.4) is 0 Å². The molecule has 12 heteroatoms. The van der Waals surface area contributed by atoms with Crippen molar-refractivity contribution in [1.82, 2.24) is 15.1 Å². The van der Waals surface area contributed by atoms with E-state index in [0.717, 1.165) is 30.2 Å². The maximum Gasteiger partial charge on any atom is 0.335 e. The molecule has 4 bridgehead atoms. The Kier molecular flexibility index (Phi) is 5.56. The molecule has 4 aliphatic carbocycles. The van der Waals surface area contributed by atoms with Gasteiger partial charge in [0.05, 0.1) is 17.8 Å². The summed E-state index contributed by atoms with van der Waals surface area (Å²) in [4.78, 5) is 64.4. The number of nitrogens with one attached hydrogen (secondary N) is 2. The van der Waals surface area contributed by atoms with Crippen molar-refractivity contribution in [1.29, 1.82) is 0 Å². The average molecular weight is 492 g/mol. The van der Waals surface area contributed by atoms with E-state index in [-0.39, 0.29) is 0 Å². The average Bonchev–Trinajstić information content (AvgIpc) is 3.00. The Balaban J connectivity index is 1.20. The zero-order valence-electron chi connectivity index (χ0n) is 18.6. The standard InChI is InChI=1S/C23H23F3N4O5/c24-14-1-2-15(19(26)18(14)25)28-16(31)9-27-17(32)10-29-20(33)21(34)30(22(29)35)23-6-11-3-12(7-23)5-13(4-11)8-23/h1-2,11-13H,3-10H2,(H,27,32)(H,28,31). The Bertz CT molecular complexity index is 1120. The van der Waals surface area contributed by atoms with E-state index in [1.54, 1.807) is 0 Å². The smallest absolute Gasteiger partial charge is 0.335 e. The third-order valence-electron chi connectivity index (χ3n) is 7.59. The molecule has 2 N–H and O–H groups in total. The third kappa shape index (κ3) is 3.94. The largest absolute Gasteiger partial charge is 0.345 e. The van der Waals surface area contributed by atoms with Crippen molar-refractivity contribution < 1.29 is 37.1 Å². The van der Waals surface area contributed by atoms with Gasteiger partial charge in [-0.3, -0.25) is 19.2 Å². The summed E-state index contributed by atoms with van der Waals surface area (Å²) in [5.74, 6) is -7.38. The lowest BCUT2D eigenvalue weighted by molar-refractivity contribution is -0.150. The molecule has 1 saturated heterocycles. The molecule has 0 aromatic heterocycles. The van der Waals surface area contributed by atoms with Gasteiger partial charge in [0.2, 0.25) is 11.8 Å². The summed E-state index contributed by atoms with van der Waals surface area (Å²) >= 11 is 0. The van der Waals surface area contributed by atoms with Gasteiger partial charge < -0.3 is 10.6 Å². The minimum Gasteiger partial charge on any atom is -0.345 e. The zero-order valence-corrected chi connectivity index (χ0v) is 18.6. The maximum absolute atomic E-state index is 13.7. The van der Waals surface area contributed by atoms with Crippen molar-refractivity contribution in [2.75, 3.05) is 18.4 Å². The van der Waals surface area contributed by atoms with Crippen LogP contribution in [0.1, 0.15) is 38.5 Å². The van der Waals surface area contributed by atoms with Crippen molar-refractivity contribution in [3.8, 4) is 0 Å². The minimum absolute atomic E-state index is 0.423. The van der Waals surface area contributed by atoms with Crippen LogP contribution in [-0.2, 0) is 19.2 Å². The van der Waals surface area contributed by atoms with Gasteiger partial charge in [-0.2, -0.15) is 0 Å². The van der Waals surface area contributed by atoms with Gasteiger partial charge in [0, 0.05) is 0 Å². The van der Waals surface area contributed by atoms with Crippen molar-refractivity contribution in [2.45, 2.75) is 44.1 Å². The monoisotopic (exact) mass is 492 g/mol. The minimum atomic E-state index is -1.76. The van der Waals surface area contributed by atoms with Crippen molar-refractivity contribution in [3.63, 3.8) is 0 Å². The molecule has 1 aromatic rings. The number of hydrogen-bond donors (Lipinski definition) is 2. The fourth-order valence-electron chi connectivity index (χ4n) is 6.60. The van der Waals surface area contributed by atoms with Crippen LogP contribution in [-0.4, -0.2) is 58.1 Å². The second-order valence-corrected chi connectivity index (χ2v) is 10.0. The molecule has 9 nitrogen and oxygen atoms in total. The third-order valence-corrected chi connectivity index (χ3v) is 7.59. The number of halogens is 3. The molecule has 5 aliphatic rings. The van der Waals surface area contributed by atoms with E-state index in [2.05, 4.69) is 5.32 Å². The molecule has 0 spiro atoms. The van der Waals surface area contributed by atoms with E-state index in [0.29, 0.717) is 48.0 Å². The molecule has 0 unspecified atom stereocenters. The van der Waals surface area contributed by atoms with Crippen LogP contribution in [0.15, 0.2) is 12.1 Å². The lowest BCUT2D eigenvalue weighted by Crippen LogP contribution is -2.62. The lowest BCUT2D eigenvalue weighted by Gasteiger charge is -2.58. The Morgan fingerprint density at radius 2 is 1.49 bits per heavy atom. The van der Waals surface area contributed by atoms with Gasteiger partial charge in [0.25, 0.3) is 0 Å². The lowest BCUT2D eigenvalue weighted by atomic mass is 9.52. The first-order valence-corrected chi connectivity index (χ1v) is 11.5. The molecule has 6 amide bonds. The van der Waals surface area contributed by atoms with Crippen LogP contribution < -0.4 is 10.6 Å². The van der Waals surface area contributed by atoms with Gasteiger partial charge in [-0.15, -0.1) is 0 Å². The molecule has 5 fully saturated rings. The first-order valence-electron chi connectivity index (χ1n) is 11.5. The quantitative estimate of drug-likeness (QED) is 0.358. The number of rotatable bonds is 6. The number of benzene rings is 1. The van der Waals surface area contributed by atoms with Gasteiger partial charge in [-0.05, 0) is 68.4 Å². The topological polar surface area (TPSA) is 116 Å². The summed E-state index contributed by atoms with van der Waals surface area (Å²) in [5.41, 5.74) is -1.30. The van der Waals surface area contributed by atoms with Gasteiger partial charge >= 0.3 is 17.8 Å². The van der Waals surface area contributed by atoms with Gasteiger partial charge in [0.1, 0.15) is 6.54 Å². The molecule has 1 aliphatic heterocycles. The van der Waals surface area contributed by atoms with E-state index < -0.39 is 71.4 Å². The molecular weight excluding hydrogens is 469 g/mol. The summed E-state index contributed by atoms with van der Waals surface area (Å²) in [6.07, 6.45) is 5.24. The van der Waals surface area contributed by atoms with Crippen molar-refractivity contribution in [2.24, 2.45) is 17.8 Å². The molecule has 0 atom stereocenters. The molecule has 186 valence electrons. The van der Waals surface area contributed by atoms with E-state index in [4.69, 9.17) is 0 Å². The van der Waals surface area contributed by atoms with Crippen LogP contribution in [0.4, 0.5) is 23.7 Å². The number of nitrogens with zero attached hydrogens (tertiary/aromatic N) is 2. The second-order valence-electron chi connectivity index (χ2n) is 10.0. The normalized spacial score (nSPS) is 29.2. The van der Waals surface area contributed by atoms with E-state index >= 15 is 0 Å². The highest BCUT2D eigenvalue weighted by atomic mass is 19.2. The fourth-order valence-corrected chi connectivity index (χ4v) is 6.60. The van der Waals surface area contributed by atoms with Crippen molar-refractivity contribution in [3.05, 3.63) is 29.6 Å². The molecule has 35 heavy (non-hydrogen) atoms. The highest BCUT2D eigenvalue weighted by molar-refractivity contribution is 6.45. The maximum atomic E-state index is 13.7. The second kappa shape index (κ2) is 8.35. The number of imide groups is 2. The molecule has 1 aromatic carbocycles. The highest BCUT2D eigenvalue weighted by Gasteiger charge is 2.61. The van der Waals surface area contributed by atoms with E-state index in [9.17, 15) is 37.1 Å². The Labute approximate surface area is 198 Å². The number of anilines is 1. The first kappa shape index (κ1) is 23.3. The van der Waals surface area contributed by atoms with Crippen LogP contribution in [0.25, 0.3) is 0 Å². The van der Waals surface area contributed by atoms with Gasteiger partial charge in [-0.25, -0.2) is 27.8 Å². The Morgan fingerprint density at radius 1 is 0.886 bits per heavy atom. The SMILES string of the molecule is O=C(CN1C(=O)C(=O)N(C23CC4CC(CC(C4)C2)C3)C1=O)NCC(=O)Nc1ccc(F)c(F)c1F. The molecule has 0 radical (unpaired) electrons. The summed E-state index contributed by atoms with van der Waals surface area (Å²) in [7, 11) is 0. The van der Waals surface area contributed by atoms with E-state index in [1.807, 2.05) is 5.32 Å². The molecular formula is C23H23F3N4O5. The molecule has 6 rings (SSSR count). The molecule has 1 heterocycles. The number of hydrogen-bond acceptors (Lipinski definition) is 5. The number of carbonyl (C=O) groups excluding carboxylic acids is 5. The van der Waals surface area contributed by atoms with Gasteiger partial charge in [-0.1, -0.05) is 0 Å². The van der Waals surface area contributed by atoms with Crippen molar-refractivity contribution >= 4 is 35.3 Å². The van der Waals surface area contributed by atoms with Gasteiger partial charge in [0.15, 0.2) is 17.5 Å². The van der Waals surface area contributed by atoms with E-state index in [1.165, 1.54) is 0 Å². The number of carbonyl (C=O) groups is 5. The summed E-state index contributed by atoms with van der Waals surface area (Å²) < 4.78 is 40.0. The van der Waals surface area contributed by atoms with Crippen LogP contribution in [0.5, 0.6) is 0 Å². The predicted octanol–water partition coefficient (Wildman–Crippen LogP) is 1.92. The Hall–Kier alpha value is -3.44. The zero-order chi connectivity index (χ0) is 25.1. The summed E-state index contributed by atoms with van der Waals surface area (Å²) in [6, 6.07) is 0.620. The Morgan fingerprint density at radius 3 is 2.09 bits per heavy atom. The number of amides is 6. The number of urea groups is 1. The van der Waals surface area contributed by atoms with Crippen LogP contribution in [0, 0.1) is 35.2 Å². The predicted molar refractivity (Wildman–Crippen MR) is 113 cm³/mol. The fraction of sp³-hybridized carbons (Fsp3) is 0.522.